The number of aliphatic hydroxyl groups excluding tert-OH is 1. The first-order valence-electron chi connectivity index (χ1n) is 4.64. The maximum atomic E-state index is 11.7. The fourth-order valence-electron chi connectivity index (χ4n) is 1.06. The third-order valence-electron chi connectivity index (χ3n) is 1.82. The van der Waals surface area contributed by atoms with Gasteiger partial charge in [-0.25, -0.2) is 0 Å². The van der Waals surface area contributed by atoms with Crippen molar-refractivity contribution in [3.8, 4) is 0 Å². The zero-order chi connectivity index (χ0) is 11.2. The summed E-state index contributed by atoms with van der Waals surface area (Å²) in [6.45, 7) is 1.80. The van der Waals surface area contributed by atoms with Crippen LogP contribution >= 0.6 is 0 Å². The summed E-state index contributed by atoms with van der Waals surface area (Å²) in [7, 11) is 0. The summed E-state index contributed by atoms with van der Waals surface area (Å²) < 4.78 is 35.0. The van der Waals surface area contributed by atoms with Crippen LogP contribution in [0.1, 0.15) is 39.0 Å². The van der Waals surface area contributed by atoms with Crippen LogP contribution in [0.25, 0.3) is 0 Å². The van der Waals surface area contributed by atoms with E-state index < -0.39 is 24.5 Å². The van der Waals surface area contributed by atoms with Crippen molar-refractivity contribution in [1.82, 2.24) is 0 Å². The second kappa shape index (κ2) is 6.01. The molecule has 0 saturated heterocycles. The predicted molar refractivity (Wildman–Crippen MR) is 45.8 cm³/mol. The minimum Gasteiger partial charge on any atom is -0.385 e. The third kappa shape index (κ3) is 6.88. The molecule has 0 bridgehead atoms. The molecule has 0 aromatic carbocycles. The SMILES string of the molecule is CCCC(O)C(=O)CCCC(F)(F)F. The van der Waals surface area contributed by atoms with Crippen LogP contribution in [0.15, 0.2) is 0 Å². The van der Waals surface area contributed by atoms with E-state index in [0.29, 0.717) is 12.8 Å². The van der Waals surface area contributed by atoms with Gasteiger partial charge in [0.1, 0.15) is 6.10 Å². The molecule has 0 aromatic rings. The molecule has 0 aromatic heterocycles. The largest absolute Gasteiger partial charge is 0.389 e. The number of Topliss-reactive ketones (excluding diaryl/α,β-unsaturated/α-hetero) is 1. The Morgan fingerprint density at radius 3 is 2.43 bits per heavy atom. The van der Waals surface area contributed by atoms with Gasteiger partial charge in [0.25, 0.3) is 0 Å². The van der Waals surface area contributed by atoms with Gasteiger partial charge in [-0.1, -0.05) is 13.3 Å². The molecule has 1 atom stereocenters. The van der Waals surface area contributed by atoms with Crippen molar-refractivity contribution in [2.75, 3.05) is 0 Å². The Labute approximate surface area is 81.1 Å². The number of carbonyl (C=O) groups is 1. The van der Waals surface area contributed by atoms with E-state index in [4.69, 9.17) is 5.11 Å². The van der Waals surface area contributed by atoms with Crippen LogP contribution < -0.4 is 0 Å². The summed E-state index contributed by atoms with van der Waals surface area (Å²) in [6, 6.07) is 0. The summed E-state index contributed by atoms with van der Waals surface area (Å²) in [5.74, 6) is -0.490. The Bertz CT molecular complexity index is 177. The maximum Gasteiger partial charge on any atom is 0.389 e. The van der Waals surface area contributed by atoms with E-state index >= 15 is 0 Å². The molecule has 0 radical (unpaired) electrons. The van der Waals surface area contributed by atoms with Crippen LogP contribution in [0.4, 0.5) is 13.2 Å². The van der Waals surface area contributed by atoms with Crippen LogP contribution in [0, 0.1) is 0 Å². The molecule has 0 spiro atoms. The van der Waals surface area contributed by atoms with Gasteiger partial charge in [0.05, 0.1) is 0 Å². The van der Waals surface area contributed by atoms with E-state index in [-0.39, 0.29) is 12.8 Å². The van der Waals surface area contributed by atoms with Gasteiger partial charge in [-0.05, 0) is 12.8 Å². The van der Waals surface area contributed by atoms with Crippen LogP contribution in [-0.2, 0) is 4.79 Å². The molecule has 0 amide bonds. The number of rotatable bonds is 6. The molecule has 0 aliphatic carbocycles. The zero-order valence-corrected chi connectivity index (χ0v) is 8.10. The highest BCUT2D eigenvalue weighted by Crippen LogP contribution is 2.22. The van der Waals surface area contributed by atoms with Gasteiger partial charge in [0.15, 0.2) is 5.78 Å². The van der Waals surface area contributed by atoms with Gasteiger partial charge in [0.2, 0.25) is 0 Å². The van der Waals surface area contributed by atoms with Crippen molar-refractivity contribution in [2.24, 2.45) is 0 Å². The minimum atomic E-state index is -4.21. The highest BCUT2D eigenvalue weighted by atomic mass is 19.4. The van der Waals surface area contributed by atoms with Crippen LogP contribution in [0.2, 0.25) is 0 Å². The minimum absolute atomic E-state index is 0.194. The molecule has 0 aliphatic heterocycles. The summed E-state index contributed by atoms with van der Waals surface area (Å²) >= 11 is 0. The molecule has 0 heterocycles. The van der Waals surface area contributed by atoms with Gasteiger partial charge < -0.3 is 5.11 Å². The van der Waals surface area contributed by atoms with Crippen molar-refractivity contribution >= 4 is 5.78 Å². The quantitative estimate of drug-likeness (QED) is 0.734. The predicted octanol–water partition coefficient (Wildman–Crippen LogP) is 2.45. The lowest BCUT2D eigenvalue weighted by molar-refractivity contribution is -0.138. The Morgan fingerprint density at radius 1 is 1.43 bits per heavy atom. The topological polar surface area (TPSA) is 37.3 Å². The molecule has 1 N–H and O–H groups in total. The van der Waals surface area contributed by atoms with Gasteiger partial charge in [0, 0.05) is 12.8 Å². The average molecular weight is 212 g/mol. The molecule has 2 nitrogen and oxygen atoms in total. The molecular formula is C9H15F3O2. The summed E-state index contributed by atoms with van der Waals surface area (Å²) in [5.41, 5.74) is 0. The number of hydrogen-bond acceptors (Lipinski definition) is 2. The van der Waals surface area contributed by atoms with Crippen molar-refractivity contribution in [3.63, 3.8) is 0 Å². The Hall–Kier alpha value is -0.580. The molecule has 0 rings (SSSR count). The Morgan fingerprint density at radius 2 is 2.00 bits per heavy atom. The lowest BCUT2D eigenvalue weighted by Crippen LogP contribution is -2.20. The lowest BCUT2D eigenvalue weighted by Gasteiger charge is -2.08. The van der Waals surface area contributed by atoms with Gasteiger partial charge in [-0.15, -0.1) is 0 Å². The monoisotopic (exact) mass is 212 g/mol. The van der Waals surface area contributed by atoms with Crippen molar-refractivity contribution < 1.29 is 23.1 Å². The van der Waals surface area contributed by atoms with Crippen molar-refractivity contribution in [1.29, 1.82) is 0 Å². The fourth-order valence-corrected chi connectivity index (χ4v) is 1.06. The van der Waals surface area contributed by atoms with E-state index in [1.165, 1.54) is 0 Å². The number of alkyl halides is 3. The normalized spacial score (nSPS) is 14.1. The third-order valence-corrected chi connectivity index (χ3v) is 1.82. The maximum absolute atomic E-state index is 11.7. The Kier molecular flexibility index (Phi) is 5.76. The van der Waals surface area contributed by atoms with E-state index in [9.17, 15) is 18.0 Å². The highest BCUT2D eigenvalue weighted by Gasteiger charge is 2.27. The number of hydrogen-bond donors (Lipinski definition) is 1. The molecule has 84 valence electrons. The van der Waals surface area contributed by atoms with E-state index in [2.05, 4.69) is 0 Å². The molecule has 0 saturated carbocycles. The van der Waals surface area contributed by atoms with E-state index in [1.54, 1.807) is 6.92 Å². The van der Waals surface area contributed by atoms with Crippen LogP contribution in [0.3, 0.4) is 0 Å². The number of carbonyl (C=O) groups excluding carboxylic acids is 1. The second-order valence-corrected chi connectivity index (χ2v) is 3.24. The lowest BCUT2D eigenvalue weighted by atomic mass is 10.1. The molecule has 1 unspecified atom stereocenters. The first-order chi connectivity index (χ1) is 6.37. The smallest absolute Gasteiger partial charge is 0.385 e. The second-order valence-electron chi connectivity index (χ2n) is 3.24. The summed E-state index contributed by atoms with van der Waals surface area (Å²) in [6.07, 6.45) is -5.72. The molecule has 0 fully saturated rings. The van der Waals surface area contributed by atoms with Crippen molar-refractivity contribution in [3.05, 3.63) is 0 Å². The van der Waals surface area contributed by atoms with Gasteiger partial charge >= 0.3 is 6.18 Å². The van der Waals surface area contributed by atoms with E-state index in [0.717, 1.165) is 0 Å². The number of aliphatic hydroxyl groups is 1. The first-order valence-corrected chi connectivity index (χ1v) is 4.64. The van der Waals surface area contributed by atoms with Gasteiger partial charge in [-0.2, -0.15) is 13.2 Å². The van der Waals surface area contributed by atoms with Crippen molar-refractivity contribution in [2.45, 2.75) is 51.3 Å². The highest BCUT2D eigenvalue weighted by molar-refractivity contribution is 5.82. The average Bonchev–Trinajstić information content (AvgIpc) is 2.02. The Balaban J connectivity index is 3.64. The fraction of sp³-hybridized carbons (Fsp3) is 0.889. The summed E-state index contributed by atoms with van der Waals surface area (Å²) in [5, 5.41) is 9.12. The van der Waals surface area contributed by atoms with Gasteiger partial charge in [-0.3, -0.25) is 4.79 Å². The number of halogens is 3. The summed E-state index contributed by atoms with van der Waals surface area (Å²) in [4.78, 5) is 11.0. The van der Waals surface area contributed by atoms with Crippen LogP contribution in [-0.4, -0.2) is 23.2 Å². The van der Waals surface area contributed by atoms with E-state index in [1.807, 2.05) is 0 Å². The molecule has 0 aliphatic rings. The standard InChI is InChI=1S/C9H15F3O2/c1-2-4-7(13)8(14)5-3-6-9(10,11)12/h7,13H,2-6H2,1H3. The molecule has 5 heteroatoms. The van der Waals surface area contributed by atoms with Crippen LogP contribution in [0.5, 0.6) is 0 Å². The first kappa shape index (κ1) is 13.4. The molecular weight excluding hydrogens is 197 g/mol. The zero-order valence-electron chi connectivity index (χ0n) is 8.10. The molecule has 14 heavy (non-hydrogen) atoms. The number of ketones is 1.